The van der Waals surface area contributed by atoms with Crippen molar-refractivity contribution >= 4 is 23.2 Å². The van der Waals surface area contributed by atoms with E-state index >= 15 is 0 Å². The minimum absolute atomic E-state index is 0.0517. The molecule has 0 saturated carbocycles. The predicted molar refractivity (Wildman–Crippen MR) is 98.6 cm³/mol. The summed E-state index contributed by atoms with van der Waals surface area (Å²) in [5.74, 6) is -0.0517. The van der Waals surface area contributed by atoms with Crippen LogP contribution < -0.4 is 5.32 Å². The lowest BCUT2D eigenvalue weighted by Gasteiger charge is -2.02. The summed E-state index contributed by atoms with van der Waals surface area (Å²) < 4.78 is 0. The second-order valence-electron chi connectivity index (χ2n) is 6.09. The molecule has 0 radical (unpaired) electrons. The fraction of sp³-hybridized carbons (Fsp3) is 0.0952. The molecule has 2 aromatic carbocycles. The first-order valence-electron chi connectivity index (χ1n) is 8.02. The van der Waals surface area contributed by atoms with E-state index in [9.17, 15) is 4.79 Å². The van der Waals surface area contributed by atoms with Gasteiger partial charge in [-0.25, -0.2) is 0 Å². The van der Waals surface area contributed by atoms with Gasteiger partial charge in [-0.05, 0) is 37.1 Å². The van der Waals surface area contributed by atoms with Crippen molar-refractivity contribution in [3.63, 3.8) is 0 Å². The first-order valence-corrected chi connectivity index (χ1v) is 8.02. The Morgan fingerprint density at radius 2 is 1.62 bits per heavy atom. The highest BCUT2D eigenvalue weighted by atomic mass is 16.2. The zero-order valence-electron chi connectivity index (χ0n) is 13.7. The van der Waals surface area contributed by atoms with Crippen molar-refractivity contribution in [2.24, 2.45) is 0 Å². The number of amides is 1. The highest BCUT2D eigenvalue weighted by molar-refractivity contribution is 6.34. The van der Waals surface area contributed by atoms with Crippen LogP contribution in [0.4, 0.5) is 5.69 Å². The van der Waals surface area contributed by atoms with Gasteiger partial charge in [-0.2, -0.15) is 0 Å². The second kappa shape index (κ2) is 5.53. The van der Waals surface area contributed by atoms with Gasteiger partial charge in [-0.15, -0.1) is 0 Å². The van der Waals surface area contributed by atoms with Crippen LogP contribution in [-0.2, 0) is 4.79 Å². The van der Waals surface area contributed by atoms with Gasteiger partial charge in [-0.3, -0.25) is 4.79 Å². The summed E-state index contributed by atoms with van der Waals surface area (Å²) in [5, 5.41) is 2.92. The number of benzene rings is 2. The molecule has 118 valence electrons. The molecule has 0 fully saturated rings. The van der Waals surface area contributed by atoms with E-state index in [4.69, 9.17) is 0 Å². The molecule has 1 aliphatic heterocycles. The molecular formula is C21H18N2O. The van der Waals surface area contributed by atoms with Gasteiger partial charge in [0.15, 0.2) is 0 Å². The van der Waals surface area contributed by atoms with E-state index in [0.717, 1.165) is 28.2 Å². The Hall–Kier alpha value is -3.07. The molecule has 0 saturated heterocycles. The van der Waals surface area contributed by atoms with Gasteiger partial charge in [0, 0.05) is 28.2 Å². The number of aromatic amines is 1. The van der Waals surface area contributed by atoms with Gasteiger partial charge in [-0.1, -0.05) is 48.5 Å². The molecule has 1 aromatic heterocycles. The van der Waals surface area contributed by atoms with Crippen molar-refractivity contribution in [1.29, 1.82) is 0 Å². The summed E-state index contributed by atoms with van der Waals surface area (Å²) in [6, 6.07) is 18.1. The van der Waals surface area contributed by atoms with Crippen molar-refractivity contribution in [2.75, 3.05) is 5.32 Å². The van der Waals surface area contributed by atoms with Gasteiger partial charge in [0.1, 0.15) is 0 Å². The highest BCUT2D eigenvalue weighted by Gasteiger charge is 2.24. The van der Waals surface area contributed by atoms with Crippen LogP contribution in [0.1, 0.15) is 22.5 Å². The van der Waals surface area contributed by atoms with E-state index in [2.05, 4.69) is 36.3 Å². The molecule has 3 nitrogen and oxygen atoms in total. The monoisotopic (exact) mass is 314 g/mol. The SMILES string of the molecule is Cc1[nH]c(C=C2C(=O)Nc3ccccc32)c(C)c1-c1ccccc1. The fourth-order valence-corrected chi connectivity index (χ4v) is 3.38. The number of aromatic nitrogens is 1. The smallest absolute Gasteiger partial charge is 0.256 e. The molecule has 0 unspecified atom stereocenters. The van der Waals surface area contributed by atoms with Crippen LogP contribution in [0.2, 0.25) is 0 Å². The average Bonchev–Trinajstić information content (AvgIpc) is 3.05. The molecule has 1 amide bonds. The Bertz CT molecular complexity index is 965. The van der Waals surface area contributed by atoms with E-state index in [0.29, 0.717) is 5.57 Å². The third-order valence-corrected chi connectivity index (χ3v) is 4.54. The number of nitrogens with one attached hydrogen (secondary N) is 2. The zero-order valence-corrected chi connectivity index (χ0v) is 13.7. The van der Waals surface area contributed by atoms with Crippen molar-refractivity contribution in [3.05, 3.63) is 77.1 Å². The first kappa shape index (κ1) is 14.5. The maximum Gasteiger partial charge on any atom is 0.256 e. The van der Waals surface area contributed by atoms with E-state index in [1.165, 1.54) is 11.1 Å². The number of carbonyl (C=O) groups excluding carboxylic acids is 1. The summed E-state index contributed by atoms with van der Waals surface area (Å²) in [6.45, 7) is 4.16. The molecule has 0 bridgehead atoms. The third-order valence-electron chi connectivity index (χ3n) is 4.54. The summed E-state index contributed by atoms with van der Waals surface area (Å²) in [6.07, 6.45) is 1.95. The minimum Gasteiger partial charge on any atom is -0.358 e. The molecule has 0 spiro atoms. The maximum absolute atomic E-state index is 12.3. The molecule has 0 aliphatic carbocycles. The lowest BCUT2D eigenvalue weighted by atomic mass is 10.00. The van der Waals surface area contributed by atoms with Crippen LogP contribution in [0.5, 0.6) is 0 Å². The van der Waals surface area contributed by atoms with Crippen LogP contribution in [0.25, 0.3) is 22.8 Å². The van der Waals surface area contributed by atoms with E-state index < -0.39 is 0 Å². The summed E-state index contributed by atoms with van der Waals surface area (Å²) >= 11 is 0. The maximum atomic E-state index is 12.3. The van der Waals surface area contributed by atoms with Crippen LogP contribution in [-0.4, -0.2) is 10.9 Å². The molecular weight excluding hydrogens is 296 g/mol. The number of anilines is 1. The molecule has 1 aliphatic rings. The molecule has 2 heterocycles. The zero-order chi connectivity index (χ0) is 16.7. The molecule has 24 heavy (non-hydrogen) atoms. The molecule has 2 N–H and O–H groups in total. The van der Waals surface area contributed by atoms with Crippen LogP contribution >= 0.6 is 0 Å². The van der Waals surface area contributed by atoms with Crippen molar-refractivity contribution in [1.82, 2.24) is 4.98 Å². The summed E-state index contributed by atoms with van der Waals surface area (Å²) in [7, 11) is 0. The Labute approximate surface area is 141 Å². The number of H-pyrrole nitrogens is 1. The third kappa shape index (κ3) is 2.26. The van der Waals surface area contributed by atoms with Crippen molar-refractivity contribution in [3.8, 4) is 11.1 Å². The Balaban J connectivity index is 1.84. The number of rotatable bonds is 2. The molecule has 0 atom stereocenters. The average molecular weight is 314 g/mol. The lowest BCUT2D eigenvalue weighted by molar-refractivity contribution is -0.110. The molecule has 3 heteroatoms. The van der Waals surface area contributed by atoms with E-state index in [1.54, 1.807) is 0 Å². The van der Waals surface area contributed by atoms with Crippen molar-refractivity contribution in [2.45, 2.75) is 13.8 Å². The van der Waals surface area contributed by atoms with Crippen LogP contribution in [0.15, 0.2) is 54.6 Å². The largest absolute Gasteiger partial charge is 0.358 e. The number of hydrogen-bond donors (Lipinski definition) is 2. The number of fused-ring (bicyclic) bond motifs is 1. The number of aryl methyl sites for hydroxylation is 1. The number of carbonyl (C=O) groups is 1. The van der Waals surface area contributed by atoms with Crippen molar-refractivity contribution < 1.29 is 4.79 Å². The predicted octanol–water partition coefficient (Wildman–Crippen LogP) is 4.79. The standard InChI is InChI=1S/C21H18N2O/c1-13-19(22-14(2)20(13)15-8-4-3-5-9-15)12-17-16-10-6-7-11-18(16)23-21(17)24/h3-12,22H,1-2H3,(H,23,24). The quantitative estimate of drug-likeness (QED) is 0.656. The number of hydrogen-bond acceptors (Lipinski definition) is 1. The Kier molecular flexibility index (Phi) is 3.35. The van der Waals surface area contributed by atoms with Crippen LogP contribution in [0.3, 0.4) is 0 Å². The van der Waals surface area contributed by atoms with E-state index in [1.807, 2.05) is 48.5 Å². The molecule has 4 rings (SSSR count). The normalized spacial score (nSPS) is 14.8. The van der Waals surface area contributed by atoms with Gasteiger partial charge >= 0.3 is 0 Å². The lowest BCUT2D eigenvalue weighted by Crippen LogP contribution is -2.03. The van der Waals surface area contributed by atoms with Crippen LogP contribution in [0, 0.1) is 13.8 Å². The fourth-order valence-electron chi connectivity index (χ4n) is 3.38. The highest BCUT2D eigenvalue weighted by Crippen LogP contribution is 2.35. The van der Waals surface area contributed by atoms with Gasteiger partial charge in [0.25, 0.3) is 5.91 Å². The summed E-state index contributed by atoms with van der Waals surface area (Å²) in [4.78, 5) is 15.7. The van der Waals surface area contributed by atoms with Gasteiger partial charge < -0.3 is 10.3 Å². The topological polar surface area (TPSA) is 44.9 Å². The minimum atomic E-state index is -0.0517. The Morgan fingerprint density at radius 1 is 0.917 bits per heavy atom. The van der Waals surface area contributed by atoms with Gasteiger partial charge in [0.2, 0.25) is 0 Å². The molecule has 3 aromatic rings. The number of para-hydroxylation sites is 1. The summed E-state index contributed by atoms with van der Waals surface area (Å²) in [5.41, 5.74) is 8.16. The van der Waals surface area contributed by atoms with E-state index in [-0.39, 0.29) is 5.91 Å². The second-order valence-corrected chi connectivity index (χ2v) is 6.09. The first-order chi connectivity index (χ1) is 11.6. The van der Waals surface area contributed by atoms with Gasteiger partial charge in [0.05, 0.1) is 5.57 Å². The Morgan fingerprint density at radius 3 is 2.42 bits per heavy atom.